The molecule has 0 saturated carbocycles. The summed E-state index contributed by atoms with van der Waals surface area (Å²) in [6, 6.07) is 12.7. The smallest absolute Gasteiger partial charge is 0.253 e. The van der Waals surface area contributed by atoms with Gasteiger partial charge in [-0.1, -0.05) is 23.7 Å². The zero-order chi connectivity index (χ0) is 22.3. The van der Waals surface area contributed by atoms with Crippen LogP contribution in [0.25, 0.3) is 11.3 Å². The quantitative estimate of drug-likeness (QED) is 0.638. The molecule has 32 heavy (non-hydrogen) atoms. The van der Waals surface area contributed by atoms with Crippen molar-refractivity contribution in [1.82, 2.24) is 15.1 Å². The molecule has 0 bridgehead atoms. The number of carbonyl (C=O) groups excluding carboxylic acids is 2. The summed E-state index contributed by atoms with van der Waals surface area (Å²) >= 11 is 6.29. The van der Waals surface area contributed by atoms with Crippen molar-refractivity contribution >= 4 is 23.3 Å². The summed E-state index contributed by atoms with van der Waals surface area (Å²) in [5.41, 5.74) is 2.17. The maximum absolute atomic E-state index is 13.1. The number of ketones is 1. The number of piperidine rings is 1. The average molecular weight is 452 g/mol. The van der Waals surface area contributed by atoms with Gasteiger partial charge < -0.3 is 14.4 Å². The lowest BCUT2D eigenvalue weighted by molar-refractivity contribution is -0.00578. The topological polar surface area (TPSA) is 84.5 Å². The van der Waals surface area contributed by atoms with Gasteiger partial charge in [-0.2, -0.15) is 5.10 Å². The summed E-state index contributed by atoms with van der Waals surface area (Å²) in [5.74, 6) is 0.931. The standard InChI is InChI=1S/C24H22ClN3O4/c1-31-17-12-18(25)22-20(29)14-24(32-21(22)13-17)6-9-28(10-7-24)23(30)16-4-2-3-15(11-16)19-5-8-26-27-19/h2-5,8,11-13H,6-7,9-10,14H2,1H3,(H,26,27). The Kier molecular flexibility index (Phi) is 5.13. The van der Waals surface area contributed by atoms with E-state index >= 15 is 0 Å². The molecule has 2 aliphatic heterocycles. The van der Waals surface area contributed by atoms with Crippen LogP contribution < -0.4 is 9.47 Å². The van der Waals surface area contributed by atoms with Crippen LogP contribution in [0.4, 0.5) is 0 Å². The number of ether oxygens (including phenoxy) is 2. The monoisotopic (exact) mass is 451 g/mol. The summed E-state index contributed by atoms with van der Waals surface area (Å²) in [5, 5.41) is 7.23. The molecule has 0 atom stereocenters. The Morgan fingerprint density at radius 3 is 2.75 bits per heavy atom. The molecular formula is C24H22ClN3O4. The maximum Gasteiger partial charge on any atom is 0.253 e. The Bertz CT molecular complexity index is 1180. The molecule has 2 aromatic carbocycles. The van der Waals surface area contributed by atoms with Crippen LogP contribution in [0.1, 0.15) is 40.0 Å². The minimum atomic E-state index is -0.631. The van der Waals surface area contributed by atoms with Gasteiger partial charge in [0.1, 0.15) is 17.1 Å². The summed E-state index contributed by atoms with van der Waals surface area (Å²) in [6.07, 6.45) is 3.07. The number of halogens is 1. The van der Waals surface area contributed by atoms with Crippen LogP contribution in [0.3, 0.4) is 0 Å². The molecule has 1 saturated heterocycles. The molecule has 7 nitrogen and oxygen atoms in total. The number of aromatic nitrogens is 2. The number of benzene rings is 2. The lowest BCUT2D eigenvalue weighted by Gasteiger charge is -2.44. The van der Waals surface area contributed by atoms with Gasteiger partial charge in [0, 0.05) is 49.3 Å². The second-order valence-electron chi connectivity index (χ2n) is 8.21. The minimum Gasteiger partial charge on any atom is -0.497 e. The van der Waals surface area contributed by atoms with E-state index in [1.165, 1.54) is 0 Å². The Morgan fingerprint density at radius 1 is 1.22 bits per heavy atom. The fourth-order valence-corrected chi connectivity index (χ4v) is 4.80. The first-order chi connectivity index (χ1) is 15.5. The molecule has 1 spiro atoms. The number of aromatic amines is 1. The highest BCUT2D eigenvalue weighted by Gasteiger charge is 2.44. The van der Waals surface area contributed by atoms with Crippen LogP contribution in [0.2, 0.25) is 5.02 Å². The predicted molar refractivity (Wildman–Crippen MR) is 119 cm³/mol. The first-order valence-corrected chi connectivity index (χ1v) is 10.8. The van der Waals surface area contributed by atoms with Gasteiger partial charge in [-0.3, -0.25) is 14.7 Å². The van der Waals surface area contributed by atoms with Crippen LogP contribution in [-0.2, 0) is 0 Å². The maximum atomic E-state index is 13.1. The molecule has 3 aromatic rings. The number of amides is 1. The van der Waals surface area contributed by atoms with Crippen molar-refractivity contribution < 1.29 is 19.1 Å². The van der Waals surface area contributed by atoms with E-state index in [0.29, 0.717) is 53.6 Å². The molecule has 1 amide bonds. The van der Waals surface area contributed by atoms with Crippen molar-refractivity contribution in [3.05, 3.63) is 64.8 Å². The second kappa shape index (κ2) is 7.98. The number of Topliss-reactive ketones (excluding diaryl/α,β-unsaturated/α-hetero) is 1. The van der Waals surface area contributed by atoms with Gasteiger partial charge >= 0.3 is 0 Å². The fraction of sp³-hybridized carbons (Fsp3) is 0.292. The van der Waals surface area contributed by atoms with Crippen LogP contribution in [0.5, 0.6) is 11.5 Å². The largest absolute Gasteiger partial charge is 0.497 e. The van der Waals surface area contributed by atoms with Crippen molar-refractivity contribution in [1.29, 1.82) is 0 Å². The second-order valence-corrected chi connectivity index (χ2v) is 8.62. The SMILES string of the molecule is COc1cc(Cl)c2c(c1)OC1(CCN(C(=O)c3cccc(-c4ccn[nH]4)c3)CC1)CC2=O. The van der Waals surface area contributed by atoms with E-state index in [2.05, 4.69) is 10.2 Å². The zero-order valence-corrected chi connectivity index (χ0v) is 18.3. The normalized spacial score (nSPS) is 17.1. The van der Waals surface area contributed by atoms with E-state index in [1.54, 1.807) is 25.4 Å². The molecule has 3 heterocycles. The minimum absolute atomic E-state index is 0.0338. The summed E-state index contributed by atoms with van der Waals surface area (Å²) in [4.78, 5) is 27.8. The van der Waals surface area contributed by atoms with Gasteiger partial charge in [0.05, 0.1) is 29.8 Å². The summed E-state index contributed by atoms with van der Waals surface area (Å²) in [6.45, 7) is 1.01. The van der Waals surface area contributed by atoms with E-state index in [-0.39, 0.29) is 18.1 Å². The predicted octanol–water partition coefficient (Wildman–Crippen LogP) is 4.38. The molecule has 1 N–H and O–H groups in total. The molecule has 5 rings (SSSR count). The average Bonchev–Trinajstić information content (AvgIpc) is 3.33. The first-order valence-electron chi connectivity index (χ1n) is 10.5. The Labute approximate surface area is 190 Å². The zero-order valence-electron chi connectivity index (χ0n) is 17.6. The van der Waals surface area contributed by atoms with E-state index in [9.17, 15) is 9.59 Å². The number of fused-ring (bicyclic) bond motifs is 1. The summed E-state index contributed by atoms with van der Waals surface area (Å²) < 4.78 is 11.6. The van der Waals surface area contributed by atoms with Crippen molar-refractivity contribution in [2.75, 3.05) is 20.2 Å². The number of carbonyl (C=O) groups is 2. The number of likely N-dealkylation sites (tertiary alicyclic amines) is 1. The third-order valence-electron chi connectivity index (χ3n) is 6.23. The number of hydrogen-bond donors (Lipinski definition) is 1. The van der Waals surface area contributed by atoms with Gasteiger partial charge in [-0.25, -0.2) is 0 Å². The van der Waals surface area contributed by atoms with E-state index in [0.717, 1.165) is 11.3 Å². The number of methoxy groups -OCH3 is 1. The number of rotatable bonds is 3. The molecular weight excluding hydrogens is 430 g/mol. The Hall–Kier alpha value is -3.32. The molecule has 2 aliphatic rings. The molecule has 164 valence electrons. The van der Waals surface area contributed by atoms with Crippen LogP contribution in [0, 0.1) is 0 Å². The van der Waals surface area contributed by atoms with Crippen LogP contribution >= 0.6 is 11.6 Å². The third-order valence-corrected chi connectivity index (χ3v) is 6.53. The molecule has 1 aromatic heterocycles. The van der Waals surface area contributed by atoms with Crippen molar-refractivity contribution in [2.24, 2.45) is 0 Å². The van der Waals surface area contributed by atoms with Crippen molar-refractivity contribution in [3.63, 3.8) is 0 Å². The van der Waals surface area contributed by atoms with Crippen molar-refractivity contribution in [3.8, 4) is 22.8 Å². The highest BCUT2D eigenvalue weighted by Crippen LogP contribution is 2.43. The third kappa shape index (κ3) is 3.62. The molecule has 0 radical (unpaired) electrons. The lowest BCUT2D eigenvalue weighted by atomic mass is 9.82. The highest BCUT2D eigenvalue weighted by atomic mass is 35.5. The first kappa shape index (κ1) is 20.6. The number of nitrogens with one attached hydrogen (secondary N) is 1. The number of hydrogen-bond acceptors (Lipinski definition) is 5. The van der Waals surface area contributed by atoms with Gasteiger partial charge in [0.15, 0.2) is 5.78 Å². The highest BCUT2D eigenvalue weighted by molar-refractivity contribution is 6.34. The summed E-state index contributed by atoms with van der Waals surface area (Å²) in [7, 11) is 1.55. The van der Waals surface area contributed by atoms with Crippen molar-refractivity contribution in [2.45, 2.75) is 24.9 Å². The molecule has 8 heteroatoms. The van der Waals surface area contributed by atoms with Gasteiger partial charge in [0.2, 0.25) is 0 Å². The van der Waals surface area contributed by atoms with Gasteiger partial charge in [-0.15, -0.1) is 0 Å². The van der Waals surface area contributed by atoms with Crippen LogP contribution in [0.15, 0.2) is 48.7 Å². The molecule has 0 unspecified atom stereocenters. The van der Waals surface area contributed by atoms with Crippen LogP contribution in [-0.4, -0.2) is 52.6 Å². The van der Waals surface area contributed by atoms with Gasteiger partial charge in [-0.05, 0) is 24.3 Å². The van der Waals surface area contributed by atoms with Gasteiger partial charge in [0.25, 0.3) is 5.91 Å². The lowest BCUT2D eigenvalue weighted by Crippen LogP contribution is -2.52. The molecule has 0 aliphatic carbocycles. The number of H-pyrrole nitrogens is 1. The fourth-order valence-electron chi connectivity index (χ4n) is 4.49. The number of nitrogens with zero attached hydrogens (tertiary/aromatic N) is 2. The Balaban J connectivity index is 1.32. The Morgan fingerprint density at radius 2 is 2.03 bits per heavy atom. The van der Waals surface area contributed by atoms with E-state index < -0.39 is 5.60 Å². The molecule has 1 fully saturated rings. The van der Waals surface area contributed by atoms with E-state index in [1.807, 2.05) is 35.2 Å². The van der Waals surface area contributed by atoms with E-state index in [4.69, 9.17) is 21.1 Å².